The minimum Gasteiger partial charge on any atom is -0.507 e. The molecule has 2 aromatic rings. The third-order valence-electron chi connectivity index (χ3n) is 6.15. The van der Waals surface area contributed by atoms with Gasteiger partial charge in [0, 0.05) is 46.1 Å². The number of carbonyl (C=O) groups is 2. The molecule has 0 bridgehead atoms. The zero-order chi connectivity index (χ0) is 24.8. The number of phenolic OH excluding ortho intramolecular Hbond substituents is 1. The van der Waals surface area contributed by atoms with Crippen molar-refractivity contribution in [3.05, 3.63) is 59.2 Å². The molecule has 35 heavy (non-hydrogen) atoms. The monoisotopic (exact) mass is 507 g/mol. The van der Waals surface area contributed by atoms with Crippen molar-refractivity contribution in [3.63, 3.8) is 0 Å². The summed E-state index contributed by atoms with van der Waals surface area (Å²) < 4.78 is 0. The van der Waals surface area contributed by atoms with Crippen LogP contribution in [0.3, 0.4) is 0 Å². The Bertz CT molecular complexity index is 898. The molecule has 1 unspecified atom stereocenters. The summed E-state index contributed by atoms with van der Waals surface area (Å²) in [6.45, 7) is 3.69. The molecule has 1 radical (unpaired) electrons. The number of hydrogen-bond acceptors (Lipinski definition) is 4. The van der Waals surface area contributed by atoms with Gasteiger partial charge in [-0.25, -0.2) is 0 Å². The van der Waals surface area contributed by atoms with Crippen LogP contribution in [0.5, 0.6) is 5.75 Å². The number of carboxylic acid groups (broad SMARTS) is 1. The molecule has 0 saturated heterocycles. The number of phenols is 1. The fourth-order valence-electron chi connectivity index (χ4n) is 4.13. The normalized spacial score (nSPS) is 11.6. The molecule has 0 heterocycles. The van der Waals surface area contributed by atoms with Gasteiger partial charge in [0.05, 0.1) is 5.56 Å². The Labute approximate surface area is 237 Å². The Morgan fingerprint density at radius 1 is 0.886 bits per heavy atom. The second kappa shape index (κ2) is 18.0. The topological polar surface area (TPSA) is 74.6 Å². The van der Waals surface area contributed by atoms with Crippen molar-refractivity contribution in [2.75, 3.05) is 0 Å². The largest absolute Gasteiger partial charge is 0.507 e. The number of thioether (sulfide) groups is 1. The summed E-state index contributed by atoms with van der Waals surface area (Å²) >= 11 is 1.65. The Morgan fingerprint density at radius 3 is 2.14 bits per heavy atom. The van der Waals surface area contributed by atoms with E-state index < -0.39 is 5.97 Å². The average molecular weight is 508 g/mol. The van der Waals surface area contributed by atoms with Crippen molar-refractivity contribution in [3.8, 4) is 5.75 Å². The third kappa shape index (κ3) is 12.5. The molecule has 2 N–H and O–H groups in total. The molecule has 0 saturated carbocycles. The van der Waals surface area contributed by atoms with Gasteiger partial charge in [0.2, 0.25) is 0 Å². The maximum atomic E-state index is 11.6. The first-order valence-electron chi connectivity index (χ1n) is 12.7. The van der Waals surface area contributed by atoms with Crippen molar-refractivity contribution in [2.24, 2.45) is 0 Å². The standard InChI is InChI=1S/C29H40O4S.Na/c1-3-4-5-6-7-8-9-12-23-15-17-24(18-16-23)28(13-10-11-14-29(32)33)34-25-19-20-26(22(2)30)27(31)21-25;/h15-21,28,31H,3-14H2,1-2H3,(H,32,33);. The second-order valence-corrected chi connectivity index (χ2v) is 10.4. The van der Waals surface area contributed by atoms with E-state index >= 15 is 0 Å². The molecule has 0 spiro atoms. The van der Waals surface area contributed by atoms with E-state index in [-0.39, 0.29) is 52.8 Å². The molecule has 0 aliphatic rings. The van der Waals surface area contributed by atoms with E-state index in [1.54, 1.807) is 23.9 Å². The van der Waals surface area contributed by atoms with Gasteiger partial charge in [-0.15, -0.1) is 11.8 Å². The Kier molecular flexibility index (Phi) is 16.4. The first kappa shape index (κ1) is 31.8. The number of carbonyl (C=O) groups excluding carboxylic acids is 1. The number of benzene rings is 2. The van der Waals surface area contributed by atoms with Crippen molar-refractivity contribution in [1.29, 1.82) is 0 Å². The van der Waals surface area contributed by atoms with E-state index in [1.807, 2.05) is 6.07 Å². The molecule has 1 atom stereocenters. The first-order valence-corrected chi connectivity index (χ1v) is 13.6. The van der Waals surface area contributed by atoms with Gasteiger partial charge in [0.15, 0.2) is 5.78 Å². The van der Waals surface area contributed by atoms with E-state index in [9.17, 15) is 14.7 Å². The van der Waals surface area contributed by atoms with Gasteiger partial charge < -0.3 is 10.2 Å². The number of unbranched alkanes of at least 4 members (excludes halogenated alkanes) is 7. The smallest absolute Gasteiger partial charge is 0.303 e. The van der Waals surface area contributed by atoms with E-state index in [4.69, 9.17) is 5.11 Å². The van der Waals surface area contributed by atoms with E-state index in [2.05, 4.69) is 31.2 Å². The van der Waals surface area contributed by atoms with Crippen LogP contribution in [0.15, 0.2) is 47.4 Å². The summed E-state index contributed by atoms with van der Waals surface area (Å²) in [6, 6.07) is 14.0. The summed E-state index contributed by atoms with van der Waals surface area (Å²) in [6.07, 6.45) is 12.8. The number of aliphatic carboxylic acids is 1. The zero-order valence-corrected chi connectivity index (χ0v) is 24.5. The molecule has 187 valence electrons. The molecule has 0 aliphatic heterocycles. The van der Waals surface area contributed by atoms with Gasteiger partial charge in [-0.2, -0.15) is 0 Å². The minimum atomic E-state index is -0.760. The Hall–Kier alpha value is -1.27. The SMILES string of the molecule is CCCCCCCCCc1ccc(C(CCCCC(=O)O)Sc2ccc(C(C)=O)c(O)c2)cc1.[Na]. The van der Waals surface area contributed by atoms with Crippen molar-refractivity contribution in [1.82, 2.24) is 0 Å². The van der Waals surface area contributed by atoms with Crippen LogP contribution in [0.25, 0.3) is 0 Å². The van der Waals surface area contributed by atoms with Gasteiger partial charge in [-0.05, 0) is 61.9 Å². The summed E-state index contributed by atoms with van der Waals surface area (Å²) in [5, 5.41) is 19.3. The maximum absolute atomic E-state index is 11.6. The molecule has 4 nitrogen and oxygen atoms in total. The van der Waals surface area contributed by atoms with Gasteiger partial charge in [-0.3, -0.25) is 9.59 Å². The van der Waals surface area contributed by atoms with Crippen molar-refractivity contribution in [2.45, 2.75) is 101 Å². The van der Waals surface area contributed by atoms with Crippen LogP contribution in [0.1, 0.15) is 111 Å². The van der Waals surface area contributed by atoms with Gasteiger partial charge in [0.1, 0.15) is 5.75 Å². The van der Waals surface area contributed by atoms with Gasteiger partial charge in [-0.1, -0.05) is 76.1 Å². The molecule has 0 fully saturated rings. The molecule has 2 rings (SSSR count). The molecule has 0 aromatic heterocycles. The fourth-order valence-corrected chi connectivity index (χ4v) is 5.36. The molecular formula is C29H40NaO4S. The maximum Gasteiger partial charge on any atom is 0.303 e. The first-order chi connectivity index (χ1) is 16.4. The third-order valence-corrected chi connectivity index (χ3v) is 7.47. The molecule has 0 amide bonds. The van der Waals surface area contributed by atoms with Crippen LogP contribution in [0.2, 0.25) is 0 Å². The van der Waals surface area contributed by atoms with Crippen molar-refractivity contribution >= 4 is 53.1 Å². The predicted octanol–water partition coefficient (Wildman–Crippen LogP) is 7.99. The Morgan fingerprint density at radius 2 is 1.54 bits per heavy atom. The second-order valence-electron chi connectivity index (χ2n) is 9.09. The average Bonchev–Trinajstić information content (AvgIpc) is 2.80. The van der Waals surface area contributed by atoms with Crippen LogP contribution in [0.4, 0.5) is 0 Å². The van der Waals surface area contributed by atoms with Gasteiger partial charge >= 0.3 is 5.97 Å². The molecule has 6 heteroatoms. The summed E-state index contributed by atoms with van der Waals surface area (Å²) in [4.78, 5) is 23.4. The van der Waals surface area contributed by atoms with Crippen LogP contribution in [0, 0.1) is 0 Å². The number of aryl methyl sites for hydroxylation is 1. The zero-order valence-electron chi connectivity index (χ0n) is 21.7. The van der Waals surface area contributed by atoms with Crippen molar-refractivity contribution < 1.29 is 19.8 Å². The van der Waals surface area contributed by atoms with Crippen LogP contribution >= 0.6 is 11.8 Å². The summed E-state index contributed by atoms with van der Waals surface area (Å²) in [5.41, 5.74) is 2.89. The number of Topliss-reactive ketones (excluding diaryl/α,β-unsaturated/α-hetero) is 1. The van der Waals surface area contributed by atoms with Crippen LogP contribution < -0.4 is 0 Å². The van der Waals surface area contributed by atoms with Crippen LogP contribution in [-0.4, -0.2) is 51.5 Å². The Balaban J connectivity index is 0.00000612. The number of carboxylic acids is 1. The number of ketones is 1. The predicted molar refractivity (Wildman–Crippen MR) is 147 cm³/mol. The number of rotatable bonds is 17. The molecule has 2 aromatic carbocycles. The number of aromatic hydroxyl groups is 1. The van der Waals surface area contributed by atoms with E-state index in [1.165, 1.54) is 63.0 Å². The van der Waals surface area contributed by atoms with Crippen LogP contribution in [-0.2, 0) is 11.2 Å². The summed E-state index contributed by atoms with van der Waals surface area (Å²) in [7, 11) is 0. The van der Waals surface area contributed by atoms with Gasteiger partial charge in [0.25, 0.3) is 0 Å². The molecular weight excluding hydrogens is 467 g/mol. The molecule has 0 aliphatic carbocycles. The van der Waals surface area contributed by atoms with E-state index in [0.29, 0.717) is 12.0 Å². The number of hydrogen-bond donors (Lipinski definition) is 2. The van der Waals surface area contributed by atoms with E-state index in [0.717, 1.165) is 24.2 Å². The minimum absolute atomic E-state index is 0. The summed E-state index contributed by atoms with van der Waals surface area (Å²) in [5.74, 6) is -0.911. The fraction of sp³-hybridized carbons (Fsp3) is 0.517. The quantitative estimate of drug-likeness (QED) is 0.0982.